The molecule has 2 saturated heterocycles. The topological polar surface area (TPSA) is 74.8 Å². The van der Waals surface area contributed by atoms with E-state index in [1.54, 1.807) is 13.1 Å². The molecule has 0 aromatic carbocycles. The molecule has 1 aromatic rings. The van der Waals surface area contributed by atoms with E-state index in [0.717, 1.165) is 31.7 Å². The van der Waals surface area contributed by atoms with Gasteiger partial charge in [0.15, 0.2) is 0 Å². The molecular weight excluding hydrogens is 296 g/mol. The summed E-state index contributed by atoms with van der Waals surface area (Å²) < 4.78 is 5.36. The lowest BCUT2D eigenvalue weighted by Gasteiger charge is -2.34. The summed E-state index contributed by atoms with van der Waals surface area (Å²) in [6, 6.07) is 3.75. The fourth-order valence-electron chi connectivity index (χ4n) is 2.90. The van der Waals surface area contributed by atoms with Crippen LogP contribution in [0.4, 0.5) is 11.5 Å². The largest absolute Gasteiger partial charge is 0.368 e. The highest BCUT2D eigenvalue weighted by molar-refractivity contribution is 5.94. The van der Waals surface area contributed by atoms with E-state index in [2.05, 4.69) is 15.2 Å². The van der Waals surface area contributed by atoms with Crippen LogP contribution < -0.4 is 10.2 Å². The molecule has 2 amide bonds. The summed E-state index contributed by atoms with van der Waals surface area (Å²) in [5.41, 5.74) is 0.677. The van der Waals surface area contributed by atoms with Gasteiger partial charge in [0.2, 0.25) is 5.91 Å². The molecule has 7 nitrogen and oxygen atoms in total. The van der Waals surface area contributed by atoms with Crippen molar-refractivity contribution in [2.45, 2.75) is 25.9 Å². The molecule has 1 unspecified atom stereocenters. The predicted molar refractivity (Wildman–Crippen MR) is 86.3 cm³/mol. The molecule has 2 aliphatic heterocycles. The molecular formula is C16H22N4O3. The zero-order valence-electron chi connectivity index (χ0n) is 13.3. The van der Waals surface area contributed by atoms with Gasteiger partial charge >= 0.3 is 0 Å². The van der Waals surface area contributed by atoms with E-state index in [4.69, 9.17) is 4.74 Å². The van der Waals surface area contributed by atoms with E-state index >= 15 is 0 Å². The van der Waals surface area contributed by atoms with Crippen molar-refractivity contribution in [3.63, 3.8) is 0 Å². The second kappa shape index (κ2) is 6.95. The Kier molecular flexibility index (Phi) is 4.76. The minimum Gasteiger partial charge on any atom is -0.368 e. The summed E-state index contributed by atoms with van der Waals surface area (Å²) in [6.45, 7) is 5.23. The van der Waals surface area contributed by atoms with Gasteiger partial charge in [-0.1, -0.05) is 0 Å². The van der Waals surface area contributed by atoms with E-state index in [1.807, 2.05) is 17.0 Å². The number of ether oxygens (including phenoxy) is 1. The first-order valence-electron chi connectivity index (χ1n) is 8.02. The molecule has 23 heavy (non-hydrogen) atoms. The second-order valence-electron chi connectivity index (χ2n) is 5.89. The molecule has 0 spiro atoms. The monoisotopic (exact) mass is 318 g/mol. The van der Waals surface area contributed by atoms with Crippen LogP contribution in [0.1, 0.15) is 19.8 Å². The number of nitrogens with one attached hydrogen (secondary N) is 1. The maximum absolute atomic E-state index is 12.0. The highest BCUT2D eigenvalue weighted by Crippen LogP contribution is 2.18. The molecule has 1 atom stereocenters. The van der Waals surface area contributed by atoms with Crippen molar-refractivity contribution in [2.24, 2.45) is 0 Å². The predicted octanol–water partition coefficient (Wildman–Crippen LogP) is 0.868. The van der Waals surface area contributed by atoms with Crippen molar-refractivity contribution in [3.05, 3.63) is 18.3 Å². The van der Waals surface area contributed by atoms with Crippen molar-refractivity contribution in [3.8, 4) is 0 Å². The summed E-state index contributed by atoms with van der Waals surface area (Å²) in [7, 11) is 0. The minimum atomic E-state index is -0.339. The quantitative estimate of drug-likeness (QED) is 0.895. The Labute approximate surface area is 135 Å². The molecule has 0 bridgehead atoms. The number of rotatable bonds is 3. The van der Waals surface area contributed by atoms with Crippen molar-refractivity contribution >= 4 is 23.3 Å². The highest BCUT2D eigenvalue weighted by Gasteiger charge is 2.24. The Bertz CT molecular complexity index is 561. The minimum absolute atomic E-state index is 0.105. The number of hydrogen-bond donors (Lipinski definition) is 1. The third-order valence-corrected chi connectivity index (χ3v) is 4.29. The average Bonchev–Trinajstić information content (AvgIpc) is 3.10. The fraction of sp³-hybridized carbons (Fsp3) is 0.562. The molecule has 0 radical (unpaired) electrons. The zero-order chi connectivity index (χ0) is 16.2. The number of aromatic nitrogens is 1. The van der Waals surface area contributed by atoms with Crippen LogP contribution in [0.5, 0.6) is 0 Å². The number of hydrogen-bond acceptors (Lipinski definition) is 5. The van der Waals surface area contributed by atoms with Crippen LogP contribution in [-0.2, 0) is 14.3 Å². The summed E-state index contributed by atoms with van der Waals surface area (Å²) in [6.07, 6.45) is 3.04. The molecule has 0 aliphatic carbocycles. The van der Waals surface area contributed by atoms with Crippen molar-refractivity contribution < 1.29 is 14.3 Å². The number of anilines is 2. The number of pyridine rings is 1. The first kappa shape index (κ1) is 15.7. The normalized spacial score (nSPS) is 21.3. The SMILES string of the molecule is CC(=O)N1CCN(c2ccc(NC(=O)C3CCCO3)cn2)CC1. The molecule has 2 aliphatic rings. The molecule has 7 heteroatoms. The molecule has 0 saturated carbocycles. The average molecular weight is 318 g/mol. The Morgan fingerprint density at radius 2 is 2.04 bits per heavy atom. The summed E-state index contributed by atoms with van der Waals surface area (Å²) in [5, 5.41) is 2.84. The van der Waals surface area contributed by atoms with Crippen molar-refractivity contribution in [2.75, 3.05) is 43.0 Å². The maximum atomic E-state index is 12.0. The van der Waals surface area contributed by atoms with Crippen LogP contribution in [-0.4, -0.2) is 60.6 Å². The van der Waals surface area contributed by atoms with Gasteiger partial charge in [-0.05, 0) is 25.0 Å². The number of piperazine rings is 1. The van der Waals surface area contributed by atoms with Gasteiger partial charge in [0.1, 0.15) is 11.9 Å². The van der Waals surface area contributed by atoms with Gasteiger partial charge in [-0.25, -0.2) is 4.98 Å². The third-order valence-electron chi connectivity index (χ3n) is 4.29. The Morgan fingerprint density at radius 1 is 1.26 bits per heavy atom. The van der Waals surface area contributed by atoms with Gasteiger partial charge in [0.05, 0.1) is 11.9 Å². The van der Waals surface area contributed by atoms with Gasteiger partial charge < -0.3 is 19.9 Å². The van der Waals surface area contributed by atoms with Gasteiger partial charge in [-0.2, -0.15) is 0 Å². The van der Waals surface area contributed by atoms with E-state index in [0.29, 0.717) is 25.4 Å². The second-order valence-corrected chi connectivity index (χ2v) is 5.89. The lowest BCUT2D eigenvalue weighted by atomic mass is 10.2. The van der Waals surface area contributed by atoms with Gasteiger partial charge in [0, 0.05) is 39.7 Å². The standard InChI is InChI=1S/C16H22N4O3/c1-12(21)19-6-8-20(9-7-19)15-5-4-13(11-17-15)18-16(22)14-3-2-10-23-14/h4-5,11,14H,2-3,6-10H2,1H3,(H,18,22). The number of nitrogens with zero attached hydrogens (tertiary/aromatic N) is 3. The number of amides is 2. The molecule has 3 rings (SSSR count). The first-order valence-corrected chi connectivity index (χ1v) is 8.02. The van der Waals surface area contributed by atoms with Gasteiger partial charge in [-0.15, -0.1) is 0 Å². The molecule has 1 N–H and O–H groups in total. The summed E-state index contributed by atoms with van der Waals surface area (Å²) >= 11 is 0. The zero-order valence-corrected chi connectivity index (χ0v) is 13.3. The van der Waals surface area contributed by atoms with E-state index in [1.165, 1.54) is 0 Å². The lowest BCUT2D eigenvalue weighted by molar-refractivity contribution is -0.129. The van der Waals surface area contributed by atoms with E-state index in [9.17, 15) is 9.59 Å². The molecule has 1 aromatic heterocycles. The highest BCUT2D eigenvalue weighted by atomic mass is 16.5. The van der Waals surface area contributed by atoms with Crippen LogP contribution in [0, 0.1) is 0 Å². The molecule has 124 valence electrons. The first-order chi connectivity index (χ1) is 11.1. The fourth-order valence-corrected chi connectivity index (χ4v) is 2.90. The van der Waals surface area contributed by atoms with Crippen LogP contribution >= 0.6 is 0 Å². The van der Waals surface area contributed by atoms with Crippen LogP contribution in [0.15, 0.2) is 18.3 Å². The third kappa shape index (κ3) is 3.79. The maximum Gasteiger partial charge on any atom is 0.253 e. The van der Waals surface area contributed by atoms with Gasteiger partial charge in [0.25, 0.3) is 5.91 Å². The van der Waals surface area contributed by atoms with Gasteiger partial charge in [-0.3, -0.25) is 9.59 Å². The van der Waals surface area contributed by atoms with Crippen LogP contribution in [0.2, 0.25) is 0 Å². The summed E-state index contributed by atoms with van der Waals surface area (Å²) in [4.78, 5) is 31.7. The van der Waals surface area contributed by atoms with Crippen LogP contribution in [0.3, 0.4) is 0 Å². The van der Waals surface area contributed by atoms with E-state index in [-0.39, 0.29) is 17.9 Å². The Morgan fingerprint density at radius 3 is 2.61 bits per heavy atom. The van der Waals surface area contributed by atoms with E-state index < -0.39 is 0 Å². The number of carbonyl (C=O) groups is 2. The lowest BCUT2D eigenvalue weighted by Crippen LogP contribution is -2.48. The van der Waals surface area contributed by atoms with Crippen molar-refractivity contribution in [1.82, 2.24) is 9.88 Å². The Balaban J connectivity index is 1.55. The van der Waals surface area contributed by atoms with Crippen LogP contribution in [0.25, 0.3) is 0 Å². The number of carbonyl (C=O) groups excluding carboxylic acids is 2. The van der Waals surface area contributed by atoms with Crippen molar-refractivity contribution in [1.29, 1.82) is 0 Å². The smallest absolute Gasteiger partial charge is 0.253 e. The molecule has 2 fully saturated rings. The summed E-state index contributed by atoms with van der Waals surface area (Å²) in [5.74, 6) is 0.875. The Hall–Kier alpha value is -2.15. The molecule has 3 heterocycles.